The Hall–Kier alpha value is -5.60. The van der Waals surface area contributed by atoms with Crippen LogP contribution in [0.1, 0.15) is 99.0 Å². The molecule has 370 valence electrons. The van der Waals surface area contributed by atoms with Crippen molar-refractivity contribution in [2.75, 3.05) is 26.9 Å². The Bertz CT molecular complexity index is 1810. The highest BCUT2D eigenvalue weighted by Crippen LogP contribution is 2.18. The van der Waals surface area contributed by atoms with Gasteiger partial charge in [-0.3, -0.25) is 33.6 Å². The van der Waals surface area contributed by atoms with E-state index < -0.39 is 134 Å². The van der Waals surface area contributed by atoms with Gasteiger partial charge in [0, 0.05) is 26.0 Å². The lowest BCUT2D eigenvalue weighted by molar-refractivity contribution is -0.156. The normalized spacial score (nSPS) is 19.3. The summed E-state index contributed by atoms with van der Waals surface area (Å²) in [6, 6.07) is -2.45. The first kappa shape index (κ1) is 56.5. The average molecular weight is 932 g/mol. The third kappa shape index (κ3) is 18.7. The number of carbonyl (C=O) groups is 8. The van der Waals surface area contributed by atoms with Crippen LogP contribution in [0, 0.1) is 17.8 Å². The van der Waals surface area contributed by atoms with Crippen molar-refractivity contribution in [2.24, 2.45) is 17.8 Å². The molecule has 20 nitrogen and oxygen atoms in total. The van der Waals surface area contributed by atoms with Crippen molar-refractivity contribution in [1.82, 2.24) is 36.8 Å². The number of ether oxygens (including phenoxy) is 1. The summed E-state index contributed by atoms with van der Waals surface area (Å²) in [5.74, 6) is -7.11. The van der Waals surface area contributed by atoms with Crippen LogP contribution in [-0.2, 0) is 49.5 Å². The molecule has 2 rings (SSSR count). The molecule has 0 aromatic heterocycles. The lowest BCUT2D eigenvalue weighted by atomic mass is 9.99. The van der Waals surface area contributed by atoms with Gasteiger partial charge in [0.25, 0.3) is 0 Å². The summed E-state index contributed by atoms with van der Waals surface area (Å²) in [4.78, 5) is 107. The first-order valence-electron chi connectivity index (χ1n) is 22.7. The number of unbranched alkanes of at least 4 members (excludes halogenated alkanes) is 4. The van der Waals surface area contributed by atoms with Gasteiger partial charge in [-0.05, 0) is 41.9 Å². The van der Waals surface area contributed by atoms with E-state index in [-0.39, 0.29) is 24.5 Å². The summed E-state index contributed by atoms with van der Waals surface area (Å²) in [5.41, 5.74) is 0.604. The molecule has 0 saturated heterocycles. The van der Waals surface area contributed by atoms with Crippen LogP contribution in [0.25, 0.3) is 0 Å². The Balaban J connectivity index is 2.16. The fourth-order valence-corrected chi connectivity index (χ4v) is 6.99. The zero-order valence-corrected chi connectivity index (χ0v) is 39.5. The first-order valence-corrected chi connectivity index (χ1v) is 22.7. The molecule has 1 aromatic carbocycles. The van der Waals surface area contributed by atoms with E-state index in [1.165, 1.54) is 30.2 Å². The largest absolute Gasteiger partial charge is 0.508 e. The van der Waals surface area contributed by atoms with Crippen molar-refractivity contribution in [2.45, 2.75) is 148 Å². The second-order valence-electron chi connectivity index (χ2n) is 17.7. The molecule has 8 atom stereocenters. The number of phenols is 1. The lowest BCUT2D eigenvalue weighted by Gasteiger charge is -2.32. The van der Waals surface area contributed by atoms with Gasteiger partial charge < -0.3 is 62.0 Å². The van der Waals surface area contributed by atoms with E-state index in [0.717, 1.165) is 31.8 Å². The van der Waals surface area contributed by atoms with E-state index in [2.05, 4.69) is 38.8 Å². The van der Waals surface area contributed by atoms with Gasteiger partial charge in [0.1, 0.15) is 42.6 Å². The molecule has 0 aliphatic carbocycles. The molecule has 1 heterocycles. The maximum atomic E-state index is 13.7. The number of aliphatic hydroxyl groups is 3. The smallest absolute Gasteiger partial charge is 0.329 e. The molecule has 10 N–H and O–H groups in total. The van der Waals surface area contributed by atoms with Crippen LogP contribution in [-0.4, -0.2) is 148 Å². The third-order valence-corrected chi connectivity index (χ3v) is 11.1. The van der Waals surface area contributed by atoms with Crippen molar-refractivity contribution in [3.05, 3.63) is 42.0 Å². The Morgan fingerprint density at radius 3 is 2.00 bits per heavy atom. The number of likely N-dealkylation sites (N-methyl/N-ethyl adjacent to an activating group) is 1. The summed E-state index contributed by atoms with van der Waals surface area (Å²) in [6.45, 7) is 10.0. The molecular weight excluding hydrogens is 859 g/mol. The van der Waals surface area contributed by atoms with Gasteiger partial charge in [0.2, 0.25) is 41.4 Å². The summed E-state index contributed by atoms with van der Waals surface area (Å²) in [5, 5.41) is 56.1. The van der Waals surface area contributed by atoms with E-state index in [1.54, 1.807) is 53.7 Å². The van der Waals surface area contributed by atoms with E-state index in [4.69, 9.17) is 4.74 Å². The molecule has 20 heteroatoms. The van der Waals surface area contributed by atoms with E-state index in [1.807, 2.05) is 0 Å². The monoisotopic (exact) mass is 932 g/mol. The van der Waals surface area contributed by atoms with Gasteiger partial charge in [-0.15, -0.1) is 0 Å². The predicted octanol–water partition coefficient (Wildman–Crippen LogP) is -0.152. The van der Waals surface area contributed by atoms with Crippen molar-refractivity contribution in [3.63, 3.8) is 0 Å². The minimum absolute atomic E-state index is 0.00130. The number of phenolic OH excluding ortho intramolecular Hbond substituents is 1. The van der Waals surface area contributed by atoms with Crippen LogP contribution < -0.4 is 31.9 Å². The zero-order chi connectivity index (χ0) is 49.7. The fourth-order valence-electron chi connectivity index (χ4n) is 6.99. The number of hydrogen-bond donors (Lipinski definition) is 10. The number of aliphatic hydroxyl groups excluding tert-OH is 3. The van der Waals surface area contributed by atoms with Crippen molar-refractivity contribution >= 4 is 47.3 Å². The molecule has 1 aliphatic rings. The molecule has 1 aromatic rings. The van der Waals surface area contributed by atoms with Crippen LogP contribution in [0.4, 0.5) is 0 Å². The Labute approximate surface area is 387 Å². The maximum Gasteiger partial charge on any atom is 0.329 e. The zero-order valence-electron chi connectivity index (χ0n) is 39.5. The number of cyclic esters (lactones) is 1. The molecule has 0 bridgehead atoms. The minimum Gasteiger partial charge on any atom is -0.508 e. The minimum atomic E-state index is -1.68. The van der Waals surface area contributed by atoms with Crippen LogP contribution in [0.15, 0.2) is 36.4 Å². The third-order valence-electron chi connectivity index (χ3n) is 11.1. The Morgan fingerprint density at radius 1 is 0.803 bits per heavy atom. The number of carbonyl (C=O) groups excluding carboxylic acids is 8. The number of nitrogens with zero attached hydrogens (tertiary/aromatic N) is 1. The highest BCUT2D eigenvalue weighted by atomic mass is 16.5. The van der Waals surface area contributed by atoms with Crippen molar-refractivity contribution in [1.29, 1.82) is 0 Å². The number of benzene rings is 1. The second-order valence-corrected chi connectivity index (χ2v) is 17.7. The number of rotatable bonds is 24. The number of hydrogen-bond acceptors (Lipinski definition) is 13. The van der Waals surface area contributed by atoms with E-state index in [0.29, 0.717) is 12.0 Å². The van der Waals surface area contributed by atoms with Crippen LogP contribution >= 0.6 is 0 Å². The summed E-state index contributed by atoms with van der Waals surface area (Å²) in [6.07, 6.45) is 4.69. The maximum absolute atomic E-state index is 13.7. The Kier molecular flexibility index (Phi) is 24.4. The second kappa shape index (κ2) is 28.4. The van der Waals surface area contributed by atoms with Gasteiger partial charge >= 0.3 is 5.97 Å². The number of aromatic hydroxyl groups is 1. The lowest BCUT2D eigenvalue weighted by Crippen LogP contribution is -2.59. The molecule has 0 radical (unpaired) electrons. The van der Waals surface area contributed by atoms with Crippen LogP contribution in [0.2, 0.25) is 0 Å². The molecule has 0 fully saturated rings. The fraction of sp³-hybridized carbons (Fsp3) is 0.652. The van der Waals surface area contributed by atoms with Gasteiger partial charge in [-0.1, -0.05) is 92.4 Å². The highest BCUT2D eigenvalue weighted by molar-refractivity contribution is 5.95. The van der Waals surface area contributed by atoms with E-state index >= 15 is 0 Å². The number of esters is 1. The van der Waals surface area contributed by atoms with Crippen molar-refractivity contribution in [3.8, 4) is 5.75 Å². The van der Waals surface area contributed by atoms with Gasteiger partial charge in [0.15, 0.2) is 0 Å². The van der Waals surface area contributed by atoms with Gasteiger partial charge in [-0.2, -0.15) is 0 Å². The summed E-state index contributed by atoms with van der Waals surface area (Å²) >= 11 is 0. The summed E-state index contributed by atoms with van der Waals surface area (Å²) in [7, 11) is 1.42. The number of amides is 7. The van der Waals surface area contributed by atoms with Gasteiger partial charge in [-0.25, -0.2) is 4.79 Å². The predicted molar refractivity (Wildman–Crippen MR) is 243 cm³/mol. The molecular formula is C46H73N7O13. The molecule has 7 amide bonds. The first-order chi connectivity index (χ1) is 31.1. The quantitative estimate of drug-likeness (QED) is 0.0477. The summed E-state index contributed by atoms with van der Waals surface area (Å²) < 4.78 is 5.63. The molecule has 1 aliphatic heterocycles. The average Bonchev–Trinajstić information content (AvgIpc) is 3.26. The highest BCUT2D eigenvalue weighted by Gasteiger charge is 2.37. The Morgan fingerprint density at radius 2 is 1.42 bits per heavy atom. The standard InChI is InChI=1S/C46H73N7O13/c1-9-10-11-12-13-14-36(58)48-33(24-55)42(61)52-40(27(4)5)44(63)49-32(23-54)35(57)22-38(60)51-39(26(2)3)43(62)47-30-17-20-37(59)50-41(28(6)7)45(64)53(8)34(46(65)66-25-30)21-29-15-18-31(56)19-16-29/h15-20,26-28,30,32-35,39-41,54-57H,9-14,21-25H2,1-8H3,(H,47,62)(H,48,58)(H,49,63)(H,50,59)(H,51,60)(H,52,61)/t30-,32+,33+,34+,35+,39+,40+,41+/m1/s1. The SMILES string of the molecule is CCCCCCCC(=O)N[C@@H](CO)C(=O)N[C@H](C(=O)N[C@@H](CO)[C@@H](O)CC(=O)N[C@H](C(=O)N[C@@H]1C=CC(=O)N[C@@H](C(C)C)C(=O)N(C)[C@@H](Cc2ccc(O)cc2)C(=O)OC1)C(C)C)C(C)C. The van der Waals surface area contributed by atoms with Crippen molar-refractivity contribution < 1.29 is 63.5 Å². The molecule has 66 heavy (non-hydrogen) atoms. The molecule has 0 spiro atoms. The number of nitrogens with one attached hydrogen (secondary N) is 6. The van der Waals surface area contributed by atoms with Gasteiger partial charge in [0.05, 0.1) is 37.8 Å². The molecule has 0 saturated carbocycles. The topological polar surface area (TPSA) is 302 Å². The van der Waals surface area contributed by atoms with E-state index in [9.17, 15) is 58.8 Å². The van der Waals surface area contributed by atoms with Crippen LogP contribution in [0.3, 0.4) is 0 Å². The van der Waals surface area contributed by atoms with Crippen LogP contribution in [0.5, 0.6) is 5.75 Å². The molecule has 0 unspecified atom stereocenters.